The quantitative estimate of drug-likeness (QED) is 0.614. The maximum absolute atomic E-state index is 11.7. The van der Waals surface area contributed by atoms with E-state index in [2.05, 4.69) is 0 Å². The molecule has 0 aliphatic rings. The fourth-order valence-electron chi connectivity index (χ4n) is 0.432. The summed E-state index contributed by atoms with van der Waals surface area (Å²) in [7, 11) is 0. The summed E-state index contributed by atoms with van der Waals surface area (Å²) in [6.45, 7) is 3.01. The van der Waals surface area contributed by atoms with Gasteiger partial charge in [-0.15, -0.1) is 0 Å². The summed E-state index contributed by atoms with van der Waals surface area (Å²) < 4.78 is 35.1. The molecular formula is C6H10F3N. The molecule has 0 bridgehead atoms. The molecule has 0 amide bonds. The Morgan fingerprint density at radius 3 is 1.90 bits per heavy atom. The third-order valence-corrected chi connectivity index (χ3v) is 1.30. The number of hydrogen-bond donors (Lipinski definition) is 1. The van der Waals surface area contributed by atoms with E-state index in [1.54, 1.807) is 6.92 Å². The Bertz CT molecular complexity index is 146. The standard InChI is InChI=1S/C6H10F3N/c1-3-4(2)5(10)6(7,8)9/h3,10H2,1-2H3/b5-4+. The van der Waals surface area contributed by atoms with Crippen molar-refractivity contribution in [1.82, 2.24) is 0 Å². The highest BCUT2D eigenvalue weighted by Gasteiger charge is 2.32. The second-order valence-corrected chi connectivity index (χ2v) is 2.05. The van der Waals surface area contributed by atoms with Crippen LogP contribution in [0.3, 0.4) is 0 Å². The first-order chi connectivity index (χ1) is 4.39. The Labute approximate surface area is 57.7 Å². The van der Waals surface area contributed by atoms with Gasteiger partial charge >= 0.3 is 6.18 Å². The van der Waals surface area contributed by atoms with Gasteiger partial charge < -0.3 is 5.73 Å². The Balaban J connectivity index is 4.47. The number of nitrogens with two attached hydrogens (primary N) is 1. The average Bonchev–Trinajstić information content (AvgIpc) is 1.83. The largest absolute Gasteiger partial charge is 0.430 e. The van der Waals surface area contributed by atoms with Gasteiger partial charge in [-0.05, 0) is 18.9 Å². The molecule has 1 nitrogen and oxygen atoms in total. The Morgan fingerprint density at radius 2 is 1.80 bits per heavy atom. The second-order valence-electron chi connectivity index (χ2n) is 2.05. The molecule has 0 saturated carbocycles. The van der Waals surface area contributed by atoms with Gasteiger partial charge in [0.2, 0.25) is 0 Å². The van der Waals surface area contributed by atoms with Gasteiger partial charge in [0.15, 0.2) is 0 Å². The molecule has 60 valence electrons. The number of hydrogen-bond acceptors (Lipinski definition) is 1. The first kappa shape index (κ1) is 9.33. The zero-order chi connectivity index (χ0) is 8.36. The van der Waals surface area contributed by atoms with Crippen LogP contribution in [0, 0.1) is 0 Å². The van der Waals surface area contributed by atoms with Crippen molar-refractivity contribution in [3.8, 4) is 0 Å². The van der Waals surface area contributed by atoms with Crippen molar-refractivity contribution < 1.29 is 13.2 Å². The van der Waals surface area contributed by atoms with Gasteiger partial charge in [0.05, 0.1) is 0 Å². The molecule has 0 aliphatic carbocycles. The molecule has 0 heterocycles. The monoisotopic (exact) mass is 153 g/mol. The van der Waals surface area contributed by atoms with E-state index in [-0.39, 0.29) is 5.57 Å². The third kappa shape index (κ3) is 2.29. The first-order valence-corrected chi connectivity index (χ1v) is 2.92. The van der Waals surface area contributed by atoms with Crippen LogP contribution in [-0.2, 0) is 0 Å². The molecule has 4 heteroatoms. The van der Waals surface area contributed by atoms with Crippen LogP contribution < -0.4 is 5.73 Å². The predicted octanol–water partition coefficient (Wildman–Crippen LogP) is 2.19. The van der Waals surface area contributed by atoms with Gasteiger partial charge in [-0.1, -0.05) is 6.92 Å². The zero-order valence-electron chi connectivity index (χ0n) is 5.92. The van der Waals surface area contributed by atoms with E-state index in [1.807, 2.05) is 0 Å². The van der Waals surface area contributed by atoms with Crippen molar-refractivity contribution in [2.45, 2.75) is 26.4 Å². The van der Waals surface area contributed by atoms with Crippen LogP contribution in [0.1, 0.15) is 20.3 Å². The van der Waals surface area contributed by atoms with Crippen molar-refractivity contribution in [1.29, 1.82) is 0 Å². The Morgan fingerprint density at radius 1 is 1.40 bits per heavy atom. The maximum Gasteiger partial charge on any atom is 0.430 e. The number of allylic oxidation sites excluding steroid dienone is 2. The van der Waals surface area contributed by atoms with Gasteiger partial charge in [-0.3, -0.25) is 0 Å². The van der Waals surface area contributed by atoms with E-state index in [0.29, 0.717) is 6.42 Å². The highest BCUT2D eigenvalue weighted by molar-refractivity contribution is 5.12. The minimum Gasteiger partial charge on any atom is -0.395 e. The van der Waals surface area contributed by atoms with Gasteiger partial charge in [0, 0.05) is 0 Å². The molecule has 0 rings (SSSR count). The van der Waals surface area contributed by atoms with Crippen LogP contribution in [0.25, 0.3) is 0 Å². The minimum absolute atomic E-state index is 0.188. The Hall–Kier alpha value is -0.670. The van der Waals surface area contributed by atoms with E-state index in [0.717, 1.165) is 0 Å². The van der Waals surface area contributed by atoms with Crippen LogP contribution >= 0.6 is 0 Å². The van der Waals surface area contributed by atoms with Crippen molar-refractivity contribution in [3.63, 3.8) is 0 Å². The molecule has 0 fully saturated rings. The summed E-state index contributed by atoms with van der Waals surface area (Å²) in [6, 6.07) is 0. The molecule has 0 aromatic carbocycles. The predicted molar refractivity (Wildman–Crippen MR) is 33.2 cm³/mol. The van der Waals surface area contributed by atoms with Gasteiger partial charge in [-0.2, -0.15) is 13.2 Å². The second kappa shape index (κ2) is 2.94. The van der Waals surface area contributed by atoms with E-state index < -0.39 is 11.9 Å². The smallest absolute Gasteiger partial charge is 0.395 e. The van der Waals surface area contributed by atoms with E-state index >= 15 is 0 Å². The maximum atomic E-state index is 11.7. The van der Waals surface area contributed by atoms with Crippen LogP contribution in [0.15, 0.2) is 11.3 Å². The summed E-state index contributed by atoms with van der Waals surface area (Å²) in [5, 5.41) is 0. The lowest BCUT2D eigenvalue weighted by Gasteiger charge is -2.08. The fourth-order valence-corrected chi connectivity index (χ4v) is 0.432. The lowest BCUT2D eigenvalue weighted by Crippen LogP contribution is -2.20. The highest BCUT2D eigenvalue weighted by atomic mass is 19.4. The van der Waals surface area contributed by atoms with Gasteiger partial charge in [0.25, 0.3) is 0 Å². The molecule has 0 saturated heterocycles. The number of halogens is 3. The SMILES string of the molecule is CC/C(C)=C(/N)C(F)(F)F. The molecular weight excluding hydrogens is 143 g/mol. The van der Waals surface area contributed by atoms with E-state index in [1.165, 1.54) is 6.92 Å². The first-order valence-electron chi connectivity index (χ1n) is 2.92. The van der Waals surface area contributed by atoms with Gasteiger partial charge in [-0.25, -0.2) is 0 Å². The molecule has 0 aromatic rings. The summed E-state index contributed by atoms with van der Waals surface area (Å²) in [5.74, 6) is 0. The van der Waals surface area contributed by atoms with Gasteiger partial charge in [0.1, 0.15) is 5.70 Å². The third-order valence-electron chi connectivity index (χ3n) is 1.30. The van der Waals surface area contributed by atoms with Crippen molar-refractivity contribution >= 4 is 0 Å². The molecule has 10 heavy (non-hydrogen) atoms. The number of rotatable bonds is 1. The summed E-state index contributed by atoms with van der Waals surface area (Å²) >= 11 is 0. The highest BCUT2D eigenvalue weighted by Crippen LogP contribution is 2.24. The zero-order valence-corrected chi connectivity index (χ0v) is 5.92. The molecule has 0 aliphatic heterocycles. The lowest BCUT2D eigenvalue weighted by molar-refractivity contribution is -0.0936. The van der Waals surface area contributed by atoms with Crippen molar-refractivity contribution in [3.05, 3.63) is 11.3 Å². The molecule has 0 radical (unpaired) electrons. The number of alkyl halides is 3. The van der Waals surface area contributed by atoms with Crippen LogP contribution in [-0.4, -0.2) is 6.18 Å². The van der Waals surface area contributed by atoms with Crippen molar-refractivity contribution in [2.75, 3.05) is 0 Å². The molecule has 0 aromatic heterocycles. The summed E-state index contributed by atoms with van der Waals surface area (Å²) in [4.78, 5) is 0. The summed E-state index contributed by atoms with van der Waals surface area (Å²) in [5.41, 5.74) is 3.98. The Kier molecular flexibility index (Phi) is 2.75. The van der Waals surface area contributed by atoms with Crippen molar-refractivity contribution in [2.24, 2.45) is 5.73 Å². The molecule has 2 N–H and O–H groups in total. The molecule has 0 atom stereocenters. The lowest BCUT2D eigenvalue weighted by atomic mass is 10.2. The topological polar surface area (TPSA) is 26.0 Å². The summed E-state index contributed by atoms with van der Waals surface area (Å²) in [6.07, 6.45) is -4.02. The van der Waals surface area contributed by atoms with Crippen LogP contribution in [0.5, 0.6) is 0 Å². The van der Waals surface area contributed by atoms with E-state index in [4.69, 9.17) is 5.73 Å². The molecule has 0 spiro atoms. The minimum atomic E-state index is -4.36. The van der Waals surface area contributed by atoms with Crippen LogP contribution in [0.4, 0.5) is 13.2 Å². The molecule has 0 unspecified atom stereocenters. The van der Waals surface area contributed by atoms with Crippen LogP contribution in [0.2, 0.25) is 0 Å². The van der Waals surface area contributed by atoms with E-state index in [9.17, 15) is 13.2 Å². The fraction of sp³-hybridized carbons (Fsp3) is 0.667. The average molecular weight is 153 g/mol. The normalized spacial score (nSPS) is 14.9.